The molecule has 12 heavy (non-hydrogen) atoms. The van der Waals surface area contributed by atoms with E-state index in [1.165, 1.54) is 6.08 Å². The Morgan fingerprint density at radius 1 is 1.67 bits per heavy atom. The number of nitrogens with one attached hydrogen (secondary N) is 1. The summed E-state index contributed by atoms with van der Waals surface area (Å²) in [6.07, 6.45) is 3.08. The number of hydrogen-bond donors (Lipinski definition) is 2. The lowest BCUT2D eigenvalue weighted by Gasteiger charge is -2.05. The third kappa shape index (κ3) is 4.26. The molecule has 66 valence electrons. The second kappa shape index (κ2) is 5.91. The Morgan fingerprint density at radius 2 is 2.25 bits per heavy atom. The second-order valence-corrected chi connectivity index (χ2v) is 2.70. The Morgan fingerprint density at radius 3 is 2.58 bits per heavy atom. The van der Waals surface area contributed by atoms with Crippen LogP contribution in [0.2, 0.25) is 0 Å². The van der Waals surface area contributed by atoms with Gasteiger partial charge in [-0.1, -0.05) is 30.8 Å². The normalized spacial score (nSPS) is 10.7. The van der Waals surface area contributed by atoms with E-state index >= 15 is 0 Å². The molecular weight excluding hydrogens is 194 g/mol. The Labute approximate surface area is 82.4 Å². The van der Waals surface area contributed by atoms with E-state index in [2.05, 4.69) is 31.1 Å². The molecule has 0 bridgehead atoms. The predicted octanol–water partition coefficient (Wildman–Crippen LogP) is 1.85. The van der Waals surface area contributed by atoms with Crippen molar-refractivity contribution in [2.24, 2.45) is 0 Å². The van der Waals surface area contributed by atoms with Crippen molar-refractivity contribution in [3.05, 3.63) is 36.0 Å². The highest BCUT2D eigenvalue weighted by molar-refractivity contribution is 7.81. The third-order valence-electron chi connectivity index (χ3n) is 0.994. The molecule has 0 radical (unpaired) electrons. The first-order chi connectivity index (χ1) is 5.61. The van der Waals surface area contributed by atoms with Crippen molar-refractivity contribution in [2.75, 3.05) is 5.75 Å². The van der Waals surface area contributed by atoms with Crippen molar-refractivity contribution in [2.45, 2.75) is 0 Å². The molecule has 0 aliphatic rings. The van der Waals surface area contributed by atoms with E-state index < -0.39 is 0 Å². The summed E-state index contributed by atoms with van der Waals surface area (Å²) in [5, 5.41) is 2.78. The molecule has 0 fully saturated rings. The summed E-state index contributed by atoms with van der Waals surface area (Å²) >= 11 is 9.36. The zero-order valence-electron chi connectivity index (χ0n) is 6.51. The summed E-state index contributed by atoms with van der Waals surface area (Å²) in [5.41, 5.74) is 0.450. The van der Waals surface area contributed by atoms with Crippen molar-refractivity contribution in [3.8, 4) is 0 Å². The highest BCUT2D eigenvalue weighted by atomic mass is 35.5. The molecule has 0 unspecified atom stereocenters. The molecule has 0 spiro atoms. The molecule has 0 aromatic carbocycles. The second-order valence-electron chi connectivity index (χ2n) is 1.93. The van der Waals surface area contributed by atoms with Gasteiger partial charge in [0.05, 0.1) is 16.5 Å². The molecule has 0 aromatic heterocycles. The van der Waals surface area contributed by atoms with Gasteiger partial charge >= 0.3 is 0 Å². The monoisotopic (exact) mass is 203 g/mol. The SMILES string of the molecule is C=C/C=C(/NC(=O)CS)C(=C)Cl. The minimum atomic E-state index is -0.228. The average molecular weight is 204 g/mol. The Bertz CT molecular complexity index is 235. The Kier molecular flexibility index (Phi) is 5.58. The predicted molar refractivity (Wildman–Crippen MR) is 55.3 cm³/mol. The highest BCUT2D eigenvalue weighted by Crippen LogP contribution is 2.08. The van der Waals surface area contributed by atoms with Crippen LogP contribution in [-0.2, 0) is 4.79 Å². The number of rotatable bonds is 4. The topological polar surface area (TPSA) is 29.1 Å². The molecule has 0 saturated carbocycles. The molecule has 0 aromatic rings. The molecule has 0 rings (SSSR count). The molecule has 1 N–H and O–H groups in total. The maximum absolute atomic E-state index is 10.8. The van der Waals surface area contributed by atoms with Gasteiger partial charge in [0.2, 0.25) is 5.91 Å². The van der Waals surface area contributed by atoms with E-state index in [0.717, 1.165) is 0 Å². The first kappa shape index (κ1) is 11.3. The molecule has 0 aliphatic heterocycles. The number of amides is 1. The number of carbonyl (C=O) groups is 1. The van der Waals surface area contributed by atoms with Crippen molar-refractivity contribution in [1.82, 2.24) is 5.32 Å². The maximum Gasteiger partial charge on any atom is 0.234 e. The van der Waals surface area contributed by atoms with Crippen LogP contribution in [0.5, 0.6) is 0 Å². The fourth-order valence-corrected chi connectivity index (χ4v) is 0.697. The first-order valence-electron chi connectivity index (χ1n) is 3.20. The van der Waals surface area contributed by atoms with Gasteiger partial charge in [-0.3, -0.25) is 4.79 Å². The van der Waals surface area contributed by atoms with Crippen LogP contribution >= 0.6 is 24.2 Å². The van der Waals surface area contributed by atoms with Crippen LogP contribution in [0.1, 0.15) is 0 Å². The number of carbonyl (C=O) groups excluding carboxylic acids is 1. The van der Waals surface area contributed by atoms with Gasteiger partial charge < -0.3 is 5.32 Å². The molecule has 0 atom stereocenters. The largest absolute Gasteiger partial charge is 0.324 e. The van der Waals surface area contributed by atoms with Gasteiger partial charge in [0.1, 0.15) is 0 Å². The first-order valence-corrected chi connectivity index (χ1v) is 4.21. The van der Waals surface area contributed by atoms with Crippen molar-refractivity contribution in [1.29, 1.82) is 0 Å². The average Bonchev–Trinajstić information content (AvgIpc) is 2.03. The third-order valence-corrected chi connectivity index (χ3v) is 1.49. The van der Waals surface area contributed by atoms with Crippen LogP contribution in [0.3, 0.4) is 0 Å². The van der Waals surface area contributed by atoms with Crippen LogP contribution in [0.15, 0.2) is 36.0 Å². The van der Waals surface area contributed by atoms with Crippen molar-refractivity contribution in [3.63, 3.8) is 0 Å². The standard InChI is InChI=1S/C8H10ClNOS/c1-3-4-7(6(2)9)10-8(11)5-12/h3-4,12H,1-2,5H2,(H,10,11)/b7-4+. The lowest BCUT2D eigenvalue weighted by Crippen LogP contribution is -2.23. The molecule has 1 amide bonds. The summed E-state index contributed by atoms with van der Waals surface area (Å²) in [6, 6.07) is 0. The van der Waals surface area contributed by atoms with Crippen molar-refractivity contribution < 1.29 is 4.79 Å². The van der Waals surface area contributed by atoms with Crippen LogP contribution < -0.4 is 5.32 Å². The van der Waals surface area contributed by atoms with Crippen LogP contribution in [0.25, 0.3) is 0 Å². The van der Waals surface area contributed by atoms with E-state index in [1.807, 2.05) is 0 Å². The zero-order valence-corrected chi connectivity index (χ0v) is 8.16. The molecule has 0 saturated heterocycles. The highest BCUT2D eigenvalue weighted by Gasteiger charge is 2.02. The van der Waals surface area contributed by atoms with Crippen LogP contribution in [0.4, 0.5) is 0 Å². The summed E-state index contributed by atoms with van der Waals surface area (Å²) < 4.78 is 0. The van der Waals surface area contributed by atoms with E-state index in [0.29, 0.717) is 5.70 Å². The van der Waals surface area contributed by atoms with Gasteiger partial charge in [-0.25, -0.2) is 0 Å². The summed E-state index contributed by atoms with van der Waals surface area (Å²) in [6.45, 7) is 6.94. The quantitative estimate of drug-likeness (QED) is 0.530. The Balaban J connectivity index is 4.34. The lowest BCUT2D eigenvalue weighted by molar-refractivity contribution is -0.117. The van der Waals surface area contributed by atoms with Gasteiger partial charge in [-0.05, 0) is 6.08 Å². The minimum absolute atomic E-state index is 0.110. The fraction of sp³-hybridized carbons (Fsp3) is 0.125. The maximum atomic E-state index is 10.8. The van der Waals surface area contributed by atoms with Crippen molar-refractivity contribution >= 4 is 30.1 Å². The van der Waals surface area contributed by atoms with E-state index in [9.17, 15) is 4.79 Å². The van der Waals surface area contributed by atoms with Gasteiger partial charge in [0.15, 0.2) is 0 Å². The lowest BCUT2D eigenvalue weighted by atomic mass is 10.3. The van der Waals surface area contributed by atoms with E-state index in [1.54, 1.807) is 6.08 Å². The van der Waals surface area contributed by atoms with Gasteiger partial charge in [0, 0.05) is 0 Å². The Hall–Kier alpha value is -0.670. The summed E-state index contributed by atoms with van der Waals surface area (Å²) in [5.74, 6) is -0.119. The molecule has 4 heteroatoms. The summed E-state index contributed by atoms with van der Waals surface area (Å²) in [4.78, 5) is 10.8. The van der Waals surface area contributed by atoms with Crippen LogP contribution in [0, 0.1) is 0 Å². The smallest absolute Gasteiger partial charge is 0.234 e. The van der Waals surface area contributed by atoms with E-state index in [-0.39, 0.29) is 16.7 Å². The van der Waals surface area contributed by atoms with Gasteiger partial charge in [0.25, 0.3) is 0 Å². The van der Waals surface area contributed by atoms with Gasteiger partial charge in [-0.2, -0.15) is 12.6 Å². The number of allylic oxidation sites excluding steroid dienone is 3. The molecule has 0 heterocycles. The minimum Gasteiger partial charge on any atom is -0.324 e. The molecular formula is C8H10ClNOS. The number of thiol groups is 1. The summed E-state index contributed by atoms with van der Waals surface area (Å²) in [7, 11) is 0. The van der Waals surface area contributed by atoms with E-state index in [4.69, 9.17) is 11.6 Å². The molecule has 2 nitrogen and oxygen atoms in total. The zero-order chi connectivity index (χ0) is 9.56. The molecule has 0 aliphatic carbocycles. The fourth-order valence-electron chi connectivity index (χ4n) is 0.507. The number of halogens is 1. The van der Waals surface area contributed by atoms with Crippen LogP contribution in [-0.4, -0.2) is 11.7 Å². The number of hydrogen-bond acceptors (Lipinski definition) is 2. The van der Waals surface area contributed by atoms with Gasteiger partial charge in [-0.15, -0.1) is 0 Å².